The summed E-state index contributed by atoms with van der Waals surface area (Å²) < 4.78 is 20.9. The molecule has 4 heterocycles. The molecule has 2 aliphatic heterocycles. The highest BCUT2D eigenvalue weighted by atomic mass is 19.1. The van der Waals surface area contributed by atoms with Crippen molar-refractivity contribution in [3.63, 3.8) is 0 Å². The summed E-state index contributed by atoms with van der Waals surface area (Å²) in [5.41, 5.74) is 8.20. The Balaban J connectivity index is 0.000000529. The molecule has 2 aromatic carbocycles. The second kappa shape index (κ2) is 10.9. The summed E-state index contributed by atoms with van der Waals surface area (Å²) in [5.74, 6) is -0.829. The summed E-state index contributed by atoms with van der Waals surface area (Å²) in [4.78, 5) is 24.0. The number of aryl methyl sites for hydroxylation is 1. The standard InChI is InChI=1S/C23H25FN8O.C4H8O/c1-12-9-32(10-13(2)27-12)19-5-4-16(21-17(19)8-26-23(25)29-21)22(33)28-15-6-14-11-31(3)30-20(14)18(24)7-15;1-2-4-5-3-1/h4-8,11-13,27H,9-10H2,1-3H3,(H,28,33)(H2,25,26,29);1-4H2. The van der Waals surface area contributed by atoms with Gasteiger partial charge in [-0.15, -0.1) is 0 Å². The van der Waals surface area contributed by atoms with Crippen LogP contribution in [0.3, 0.4) is 0 Å². The molecule has 0 saturated carbocycles. The van der Waals surface area contributed by atoms with E-state index >= 15 is 0 Å². The zero-order valence-electron chi connectivity index (χ0n) is 21.9. The van der Waals surface area contributed by atoms with Gasteiger partial charge < -0.3 is 26.0 Å². The molecular formula is C27H33FN8O2. The van der Waals surface area contributed by atoms with Gasteiger partial charge in [0.1, 0.15) is 5.52 Å². The lowest BCUT2D eigenvalue weighted by Crippen LogP contribution is -2.54. The molecular weight excluding hydrogens is 487 g/mol. The molecule has 4 N–H and O–H groups in total. The molecule has 200 valence electrons. The minimum Gasteiger partial charge on any atom is -0.381 e. The quantitative estimate of drug-likeness (QED) is 0.375. The summed E-state index contributed by atoms with van der Waals surface area (Å²) in [6.07, 6.45) is 5.91. The van der Waals surface area contributed by atoms with E-state index in [9.17, 15) is 9.18 Å². The predicted octanol–water partition coefficient (Wildman–Crippen LogP) is 3.47. The van der Waals surface area contributed by atoms with Crippen molar-refractivity contribution in [2.75, 3.05) is 42.3 Å². The van der Waals surface area contributed by atoms with Gasteiger partial charge in [0.15, 0.2) is 5.82 Å². The number of piperazine rings is 1. The number of ether oxygens (including phenoxy) is 1. The van der Waals surface area contributed by atoms with Crippen LogP contribution < -0.4 is 21.3 Å². The fourth-order valence-electron chi connectivity index (χ4n) is 5.09. The summed E-state index contributed by atoms with van der Waals surface area (Å²) in [5, 5.41) is 11.7. The fraction of sp³-hybridized carbons (Fsp3) is 0.407. The molecule has 0 spiro atoms. The molecule has 10 nitrogen and oxygen atoms in total. The van der Waals surface area contributed by atoms with E-state index in [0.29, 0.717) is 34.2 Å². The first-order valence-electron chi connectivity index (χ1n) is 12.9. The number of anilines is 3. The van der Waals surface area contributed by atoms with Crippen LogP contribution in [-0.2, 0) is 11.8 Å². The highest BCUT2D eigenvalue weighted by Gasteiger charge is 2.24. The Labute approximate surface area is 220 Å². The van der Waals surface area contributed by atoms with Crippen molar-refractivity contribution in [3.8, 4) is 0 Å². The Morgan fingerprint density at radius 2 is 1.89 bits per heavy atom. The van der Waals surface area contributed by atoms with Gasteiger partial charge >= 0.3 is 0 Å². The van der Waals surface area contributed by atoms with Crippen LogP contribution in [0.2, 0.25) is 0 Å². The number of amides is 1. The van der Waals surface area contributed by atoms with E-state index in [4.69, 9.17) is 10.5 Å². The number of benzene rings is 2. The fourth-order valence-corrected chi connectivity index (χ4v) is 5.09. The maximum atomic E-state index is 14.5. The molecule has 11 heteroatoms. The number of nitrogens with two attached hydrogens (primary N) is 1. The number of carbonyl (C=O) groups excluding carboxylic acids is 1. The molecule has 0 bridgehead atoms. The van der Waals surface area contributed by atoms with Crippen LogP contribution in [0.25, 0.3) is 21.8 Å². The predicted molar refractivity (Wildman–Crippen MR) is 147 cm³/mol. The Hall–Kier alpha value is -3.83. The minimum atomic E-state index is -0.503. The average molecular weight is 521 g/mol. The maximum absolute atomic E-state index is 14.5. The Morgan fingerprint density at radius 3 is 2.58 bits per heavy atom. The number of halogens is 1. The van der Waals surface area contributed by atoms with Gasteiger partial charge in [-0.1, -0.05) is 0 Å². The van der Waals surface area contributed by atoms with Crippen molar-refractivity contribution in [1.29, 1.82) is 0 Å². The molecule has 2 atom stereocenters. The molecule has 1 amide bonds. The third-order valence-electron chi connectivity index (χ3n) is 6.65. The lowest BCUT2D eigenvalue weighted by molar-refractivity contribution is 0.102. The Morgan fingerprint density at radius 1 is 1.16 bits per heavy atom. The van der Waals surface area contributed by atoms with Gasteiger partial charge in [0.2, 0.25) is 5.95 Å². The first kappa shape index (κ1) is 25.8. The van der Waals surface area contributed by atoms with E-state index in [1.54, 1.807) is 31.6 Å². The van der Waals surface area contributed by atoms with Crippen molar-refractivity contribution in [2.24, 2.45) is 7.05 Å². The molecule has 2 fully saturated rings. The van der Waals surface area contributed by atoms with Crippen LogP contribution in [0.15, 0.2) is 36.7 Å². The molecule has 6 rings (SSSR count). The van der Waals surface area contributed by atoms with E-state index in [1.165, 1.54) is 23.6 Å². The number of nitrogen functional groups attached to an aromatic ring is 1. The lowest BCUT2D eigenvalue weighted by Gasteiger charge is -2.38. The molecule has 4 aromatic rings. The van der Waals surface area contributed by atoms with Crippen LogP contribution in [0, 0.1) is 5.82 Å². The van der Waals surface area contributed by atoms with Gasteiger partial charge in [0.25, 0.3) is 5.91 Å². The van der Waals surface area contributed by atoms with E-state index in [-0.39, 0.29) is 11.5 Å². The van der Waals surface area contributed by atoms with Gasteiger partial charge in [0.05, 0.1) is 11.1 Å². The Kier molecular flexibility index (Phi) is 7.39. The molecule has 2 aromatic heterocycles. The number of carbonyl (C=O) groups is 1. The summed E-state index contributed by atoms with van der Waals surface area (Å²) in [6.45, 7) is 7.91. The van der Waals surface area contributed by atoms with Gasteiger partial charge in [-0.2, -0.15) is 5.10 Å². The van der Waals surface area contributed by atoms with Crippen LogP contribution in [0.4, 0.5) is 21.7 Å². The summed E-state index contributed by atoms with van der Waals surface area (Å²) >= 11 is 0. The maximum Gasteiger partial charge on any atom is 0.257 e. The first-order valence-corrected chi connectivity index (χ1v) is 12.9. The van der Waals surface area contributed by atoms with Crippen LogP contribution in [0.5, 0.6) is 0 Å². The topological polar surface area (TPSA) is 123 Å². The van der Waals surface area contributed by atoms with Crippen LogP contribution in [-0.4, -0.2) is 64.0 Å². The van der Waals surface area contributed by atoms with Gasteiger partial charge in [0, 0.05) is 80.0 Å². The normalized spacial score (nSPS) is 19.4. The van der Waals surface area contributed by atoms with Gasteiger partial charge in [-0.3, -0.25) is 9.48 Å². The van der Waals surface area contributed by atoms with Crippen molar-refractivity contribution >= 4 is 45.0 Å². The number of hydrogen-bond donors (Lipinski definition) is 3. The summed E-state index contributed by atoms with van der Waals surface area (Å²) in [6, 6.07) is 7.23. The number of nitrogens with zero attached hydrogens (tertiary/aromatic N) is 5. The van der Waals surface area contributed by atoms with E-state index in [2.05, 4.69) is 44.4 Å². The second-order valence-corrected chi connectivity index (χ2v) is 9.97. The zero-order chi connectivity index (χ0) is 26.8. The van der Waals surface area contributed by atoms with Crippen molar-refractivity contribution < 1.29 is 13.9 Å². The third kappa shape index (κ3) is 5.53. The lowest BCUT2D eigenvalue weighted by atomic mass is 10.0. The number of fused-ring (bicyclic) bond motifs is 2. The molecule has 2 aliphatic rings. The summed E-state index contributed by atoms with van der Waals surface area (Å²) in [7, 11) is 1.72. The van der Waals surface area contributed by atoms with Crippen LogP contribution in [0.1, 0.15) is 37.0 Å². The number of aromatic nitrogens is 4. The molecule has 0 radical (unpaired) electrons. The zero-order valence-corrected chi connectivity index (χ0v) is 21.9. The molecule has 38 heavy (non-hydrogen) atoms. The SMILES string of the molecule is C1CCOC1.CC1CN(c2ccc(C(=O)Nc3cc(F)c4nn(C)cc4c3)c3nc(N)ncc23)CC(C)N1. The molecule has 2 saturated heterocycles. The van der Waals surface area contributed by atoms with E-state index in [1.807, 2.05) is 6.07 Å². The minimum absolute atomic E-state index is 0.0820. The smallest absolute Gasteiger partial charge is 0.257 e. The number of hydrogen-bond acceptors (Lipinski definition) is 8. The largest absolute Gasteiger partial charge is 0.381 e. The van der Waals surface area contributed by atoms with E-state index < -0.39 is 11.7 Å². The van der Waals surface area contributed by atoms with Crippen molar-refractivity contribution in [1.82, 2.24) is 25.1 Å². The average Bonchev–Trinajstić information content (AvgIpc) is 3.56. The van der Waals surface area contributed by atoms with Gasteiger partial charge in [-0.25, -0.2) is 14.4 Å². The van der Waals surface area contributed by atoms with Crippen molar-refractivity contribution in [2.45, 2.75) is 38.8 Å². The van der Waals surface area contributed by atoms with Gasteiger partial charge in [-0.05, 0) is 51.0 Å². The van der Waals surface area contributed by atoms with Crippen LogP contribution >= 0.6 is 0 Å². The monoisotopic (exact) mass is 520 g/mol. The number of nitrogens with one attached hydrogen (secondary N) is 2. The highest BCUT2D eigenvalue weighted by molar-refractivity contribution is 6.14. The molecule has 0 aliphatic carbocycles. The highest BCUT2D eigenvalue weighted by Crippen LogP contribution is 2.31. The first-order chi connectivity index (χ1) is 18.3. The second-order valence-electron chi connectivity index (χ2n) is 9.97. The molecule has 2 unspecified atom stereocenters. The van der Waals surface area contributed by atoms with Crippen molar-refractivity contribution in [3.05, 3.63) is 48.0 Å². The third-order valence-corrected chi connectivity index (χ3v) is 6.65. The number of rotatable bonds is 3. The van der Waals surface area contributed by atoms with E-state index in [0.717, 1.165) is 37.4 Å². The Bertz CT molecular complexity index is 1450.